The minimum absolute atomic E-state index is 0.0338. The lowest BCUT2D eigenvalue weighted by Crippen LogP contribution is -2.25. The molecule has 0 atom stereocenters. The highest BCUT2D eigenvalue weighted by atomic mass is 19.2. The van der Waals surface area contributed by atoms with E-state index in [-0.39, 0.29) is 24.4 Å². The molecule has 0 unspecified atom stereocenters. The Morgan fingerprint density at radius 2 is 1.76 bits per heavy atom. The summed E-state index contributed by atoms with van der Waals surface area (Å²) in [5, 5.41) is 8.79. The summed E-state index contributed by atoms with van der Waals surface area (Å²) in [6.45, 7) is 3.01. The topological polar surface area (TPSA) is 68.6 Å². The van der Waals surface area contributed by atoms with Gasteiger partial charge in [0.25, 0.3) is 0 Å². The maximum absolute atomic E-state index is 14.5. The molecule has 8 heteroatoms. The van der Waals surface area contributed by atoms with Gasteiger partial charge >= 0.3 is 5.97 Å². The number of nitrogens with zero attached hydrogens (tertiary/aromatic N) is 1. The van der Waals surface area contributed by atoms with Gasteiger partial charge in [0.05, 0.1) is 24.3 Å². The van der Waals surface area contributed by atoms with Crippen LogP contribution >= 0.6 is 0 Å². The first-order valence-corrected chi connectivity index (χ1v) is 11.6. The number of benzene rings is 2. The van der Waals surface area contributed by atoms with Crippen LogP contribution in [0.3, 0.4) is 0 Å². The SMILES string of the molecule is CCCCCOC1CCC(COc2cc(F)c(C(=O)Oc3ccc(C#N)cc3)c(F)c2F)CC1. The third kappa shape index (κ3) is 6.73. The van der Waals surface area contributed by atoms with E-state index in [9.17, 15) is 18.0 Å². The van der Waals surface area contributed by atoms with Gasteiger partial charge in [-0.05, 0) is 62.3 Å². The molecule has 0 aliphatic heterocycles. The third-order valence-corrected chi connectivity index (χ3v) is 5.89. The van der Waals surface area contributed by atoms with Gasteiger partial charge in [-0.25, -0.2) is 13.6 Å². The molecule has 3 rings (SSSR count). The van der Waals surface area contributed by atoms with Crippen molar-refractivity contribution in [1.82, 2.24) is 0 Å². The van der Waals surface area contributed by atoms with Crippen LogP contribution in [-0.4, -0.2) is 25.3 Å². The summed E-state index contributed by atoms with van der Waals surface area (Å²) in [5.41, 5.74) is -0.826. The minimum Gasteiger partial charge on any atom is -0.490 e. The molecule has 0 radical (unpaired) electrons. The van der Waals surface area contributed by atoms with Crippen molar-refractivity contribution in [3.8, 4) is 17.6 Å². The molecule has 2 aromatic rings. The fourth-order valence-electron chi connectivity index (χ4n) is 3.90. The number of halogens is 3. The molecule has 2 aromatic carbocycles. The number of hydrogen-bond acceptors (Lipinski definition) is 5. The molecule has 1 aliphatic carbocycles. The highest BCUT2D eigenvalue weighted by Crippen LogP contribution is 2.30. The van der Waals surface area contributed by atoms with E-state index in [0.717, 1.165) is 51.6 Å². The van der Waals surface area contributed by atoms with Crippen LogP contribution in [0.5, 0.6) is 11.5 Å². The maximum atomic E-state index is 14.5. The number of nitriles is 1. The van der Waals surface area contributed by atoms with E-state index in [0.29, 0.717) is 11.6 Å². The van der Waals surface area contributed by atoms with Crippen molar-refractivity contribution in [3.05, 3.63) is 58.9 Å². The Kier molecular flexibility index (Phi) is 9.34. The van der Waals surface area contributed by atoms with Crippen LogP contribution in [0.15, 0.2) is 30.3 Å². The van der Waals surface area contributed by atoms with Crippen LogP contribution in [-0.2, 0) is 4.74 Å². The lowest BCUT2D eigenvalue weighted by molar-refractivity contribution is 0.0110. The molecule has 0 aromatic heterocycles. The first-order valence-electron chi connectivity index (χ1n) is 11.6. The largest absolute Gasteiger partial charge is 0.490 e. The van der Waals surface area contributed by atoms with E-state index in [4.69, 9.17) is 19.5 Å². The zero-order valence-electron chi connectivity index (χ0n) is 19.1. The van der Waals surface area contributed by atoms with Crippen molar-refractivity contribution in [2.75, 3.05) is 13.2 Å². The van der Waals surface area contributed by atoms with E-state index in [1.807, 2.05) is 6.07 Å². The van der Waals surface area contributed by atoms with Gasteiger partial charge in [-0.2, -0.15) is 9.65 Å². The fourth-order valence-corrected chi connectivity index (χ4v) is 3.90. The van der Waals surface area contributed by atoms with Crippen molar-refractivity contribution in [3.63, 3.8) is 0 Å². The second kappa shape index (κ2) is 12.4. The van der Waals surface area contributed by atoms with E-state index in [2.05, 4.69) is 6.92 Å². The van der Waals surface area contributed by atoms with E-state index in [1.54, 1.807) is 0 Å². The molecule has 0 heterocycles. The van der Waals surface area contributed by atoms with Gasteiger partial charge in [0.15, 0.2) is 11.6 Å². The number of hydrogen-bond donors (Lipinski definition) is 0. The predicted octanol–water partition coefficient (Wildman–Crippen LogP) is 6.34. The molecule has 5 nitrogen and oxygen atoms in total. The molecule has 182 valence electrons. The van der Waals surface area contributed by atoms with Crippen molar-refractivity contribution >= 4 is 5.97 Å². The van der Waals surface area contributed by atoms with Crippen LogP contribution in [0.2, 0.25) is 0 Å². The molecule has 1 aliphatic rings. The highest BCUT2D eigenvalue weighted by Gasteiger charge is 2.28. The molecular weight excluding hydrogens is 447 g/mol. The van der Waals surface area contributed by atoms with Crippen molar-refractivity contribution in [2.24, 2.45) is 5.92 Å². The number of carbonyl (C=O) groups excluding carboxylic acids is 1. The van der Waals surface area contributed by atoms with Crippen LogP contribution in [0.1, 0.15) is 67.8 Å². The summed E-state index contributed by atoms with van der Waals surface area (Å²) in [7, 11) is 0. The number of esters is 1. The first-order chi connectivity index (χ1) is 16.4. The Hall–Kier alpha value is -3.05. The Bertz CT molecular complexity index is 1010. The number of carbonyl (C=O) groups is 1. The van der Waals surface area contributed by atoms with E-state index in [1.165, 1.54) is 24.3 Å². The van der Waals surface area contributed by atoms with E-state index >= 15 is 0 Å². The summed E-state index contributed by atoms with van der Waals surface area (Å²) in [5.74, 6) is -6.27. The molecule has 0 N–H and O–H groups in total. The van der Waals surface area contributed by atoms with Crippen LogP contribution in [0, 0.1) is 34.7 Å². The monoisotopic (exact) mass is 475 g/mol. The molecule has 0 spiro atoms. The zero-order chi connectivity index (χ0) is 24.5. The second-order valence-corrected chi connectivity index (χ2v) is 8.42. The minimum atomic E-state index is -1.67. The maximum Gasteiger partial charge on any atom is 0.349 e. The van der Waals surface area contributed by atoms with Gasteiger partial charge in [0.2, 0.25) is 5.82 Å². The van der Waals surface area contributed by atoms with E-state index < -0.39 is 34.7 Å². The van der Waals surface area contributed by atoms with Gasteiger partial charge in [-0.3, -0.25) is 0 Å². The standard InChI is InChI=1S/C26H28F3NO4/c1-2-3-4-13-32-19-9-7-18(8-10-19)16-33-22-14-21(27)23(25(29)24(22)28)26(31)34-20-11-5-17(15-30)6-12-20/h5-6,11-12,14,18-19H,2-4,7-10,13,16H2,1H3. The van der Waals surface area contributed by atoms with Crippen LogP contribution in [0.4, 0.5) is 13.2 Å². The van der Waals surface area contributed by atoms with Crippen molar-refractivity contribution < 1.29 is 32.2 Å². The molecule has 1 saturated carbocycles. The summed E-state index contributed by atoms with van der Waals surface area (Å²) < 4.78 is 59.7. The summed E-state index contributed by atoms with van der Waals surface area (Å²) in [6, 6.07) is 7.89. The average molecular weight is 476 g/mol. The predicted molar refractivity (Wildman–Crippen MR) is 119 cm³/mol. The zero-order valence-corrected chi connectivity index (χ0v) is 19.1. The smallest absolute Gasteiger partial charge is 0.349 e. The fraction of sp³-hybridized carbons (Fsp3) is 0.462. The highest BCUT2D eigenvalue weighted by molar-refractivity contribution is 5.92. The third-order valence-electron chi connectivity index (χ3n) is 5.89. The van der Waals surface area contributed by atoms with Crippen LogP contribution < -0.4 is 9.47 Å². The normalized spacial score (nSPS) is 17.7. The van der Waals surface area contributed by atoms with Gasteiger partial charge in [-0.1, -0.05) is 19.8 Å². The Balaban J connectivity index is 1.55. The number of ether oxygens (including phenoxy) is 3. The van der Waals surface area contributed by atoms with Crippen molar-refractivity contribution in [2.45, 2.75) is 58.0 Å². The van der Waals surface area contributed by atoms with Crippen LogP contribution in [0.25, 0.3) is 0 Å². The summed E-state index contributed by atoms with van der Waals surface area (Å²) in [6.07, 6.45) is 6.92. The lowest BCUT2D eigenvalue weighted by atomic mass is 9.88. The van der Waals surface area contributed by atoms with Gasteiger partial charge in [-0.15, -0.1) is 0 Å². The Morgan fingerprint density at radius 1 is 1.06 bits per heavy atom. The summed E-state index contributed by atoms with van der Waals surface area (Å²) in [4.78, 5) is 12.2. The number of rotatable bonds is 10. The first kappa shape index (κ1) is 25.6. The second-order valence-electron chi connectivity index (χ2n) is 8.42. The molecule has 0 bridgehead atoms. The van der Waals surface area contributed by atoms with Gasteiger partial charge < -0.3 is 14.2 Å². The lowest BCUT2D eigenvalue weighted by Gasteiger charge is -2.28. The Morgan fingerprint density at radius 3 is 2.41 bits per heavy atom. The molecule has 1 fully saturated rings. The summed E-state index contributed by atoms with van der Waals surface area (Å²) >= 11 is 0. The molecule has 0 amide bonds. The average Bonchev–Trinajstić information content (AvgIpc) is 2.84. The molecular formula is C26H28F3NO4. The molecule has 34 heavy (non-hydrogen) atoms. The van der Waals surface area contributed by atoms with Gasteiger partial charge in [0.1, 0.15) is 17.1 Å². The Labute approximate surface area is 197 Å². The quantitative estimate of drug-likeness (QED) is 0.174. The van der Waals surface area contributed by atoms with Crippen molar-refractivity contribution in [1.29, 1.82) is 5.26 Å². The number of unbranched alkanes of at least 4 members (excludes halogenated alkanes) is 2. The molecule has 0 saturated heterocycles. The van der Waals surface area contributed by atoms with Gasteiger partial charge in [0, 0.05) is 12.7 Å².